The lowest BCUT2D eigenvalue weighted by atomic mass is 9.97. The van der Waals surface area contributed by atoms with Crippen LogP contribution in [0.5, 0.6) is 0 Å². The molecule has 0 aliphatic heterocycles. The smallest absolute Gasteiger partial charge is 0.273 e. The van der Waals surface area contributed by atoms with Crippen LogP contribution in [0.1, 0.15) is 45.2 Å². The third kappa shape index (κ3) is 4.60. The number of carbonyl (C=O) groups excluding carboxylic acids is 1. The van der Waals surface area contributed by atoms with Crippen molar-refractivity contribution in [3.8, 4) is 0 Å². The maximum Gasteiger partial charge on any atom is 0.273 e. The molecule has 0 atom stereocenters. The van der Waals surface area contributed by atoms with Crippen LogP contribution in [0.3, 0.4) is 0 Å². The Bertz CT molecular complexity index is 1360. The summed E-state index contributed by atoms with van der Waals surface area (Å²) in [5, 5.41) is 4.28. The zero-order chi connectivity index (χ0) is 22.8. The minimum atomic E-state index is -0.262. The number of oxazole rings is 1. The Morgan fingerprint density at radius 2 is 2.03 bits per heavy atom. The van der Waals surface area contributed by atoms with Crippen molar-refractivity contribution in [1.29, 1.82) is 0 Å². The van der Waals surface area contributed by atoms with Crippen molar-refractivity contribution in [3.05, 3.63) is 74.5 Å². The number of thioether (sulfide) groups is 1. The molecule has 3 heterocycles. The molecule has 33 heavy (non-hydrogen) atoms. The normalized spacial score (nSPS) is 13.2. The van der Waals surface area contributed by atoms with Gasteiger partial charge in [-0.1, -0.05) is 42.1 Å². The van der Waals surface area contributed by atoms with Gasteiger partial charge in [-0.2, -0.15) is 0 Å². The maximum atomic E-state index is 13.0. The average Bonchev–Trinajstić information content (AvgIpc) is 3.46. The van der Waals surface area contributed by atoms with Gasteiger partial charge >= 0.3 is 0 Å². The molecule has 170 valence electrons. The largest absolute Gasteiger partial charge is 0.447 e. The molecular formula is C24H24N4O3S2. The van der Waals surface area contributed by atoms with Crippen molar-refractivity contribution in [3.63, 3.8) is 0 Å². The van der Waals surface area contributed by atoms with Gasteiger partial charge in [-0.15, -0.1) is 11.3 Å². The first-order chi connectivity index (χ1) is 16.1. The van der Waals surface area contributed by atoms with Crippen molar-refractivity contribution in [2.45, 2.75) is 43.0 Å². The SMILES string of the molecule is Cn1c(SCc2nc(C(=O)NCCc3ccccc3)co2)nc2sc3c(c2c1=O)CCCC3. The number of carbonyl (C=O) groups is 1. The van der Waals surface area contributed by atoms with E-state index in [0.29, 0.717) is 23.3 Å². The highest BCUT2D eigenvalue weighted by Gasteiger charge is 2.21. The lowest BCUT2D eigenvalue weighted by Gasteiger charge is -2.10. The number of amides is 1. The van der Waals surface area contributed by atoms with E-state index in [9.17, 15) is 9.59 Å². The minimum absolute atomic E-state index is 0.00721. The zero-order valence-electron chi connectivity index (χ0n) is 18.3. The second kappa shape index (κ2) is 9.52. The standard InChI is InChI=1S/C24H24N4O3S2/c1-28-23(30)20-16-9-5-6-10-18(16)33-22(20)27-24(28)32-14-19-26-17(13-31-19)21(29)25-12-11-15-7-3-2-4-8-15/h2-4,7-8,13H,5-6,9-12,14H2,1H3,(H,25,29). The monoisotopic (exact) mass is 480 g/mol. The molecule has 0 radical (unpaired) electrons. The van der Waals surface area contributed by atoms with E-state index in [0.717, 1.165) is 41.5 Å². The molecule has 0 saturated heterocycles. The van der Waals surface area contributed by atoms with Crippen LogP contribution < -0.4 is 10.9 Å². The molecule has 1 aliphatic carbocycles. The van der Waals surface area contributed by atoms with Gasteiger partial charge in [0.05, 0.1) is 11.1 Å². The molecule has 0 fully saturated rings. The number of aryl methyl sites for hydroxylation is 2. The van der Waals surface area contributed by atoms with E-state index < -0.39 is 0 Å². The number of fused-ring (bicyclic) bond motifs is 3. The van der Waals surface area contributed by atoms with Crippen LogP contribution in [0, 0.1) is 0 Å². The summed E-state index contributed by atoms with van der Waals surface area (Å²) in [6.45, 7) is 0.524. The van der Waals surface area contributed by atoms with Crippen LogP contribution in [0.4, 0.5) is 0 Å². The first-order valence-corrected chi connectivity index (χ1v) is 12.8. The molecule has 1 N–H and O–H groups in total. The molecular weight excluding hydrogens is 456 g/mol. The van der Waals surface area contributed by atoms with Crippen LogP contribution in [0.15, 0.2) is 51.0 Å². The summed E-state index contributed by atoms with van der Waals surface area (Å²) in [5.74, 6) is 0.545. The van der Waals surface area contributed by atoms with Gasteiger partial charge in [0.1, 0.15) is 11.1 Å². The van der Waals surface area contributed by atoms with Gasteiger partial charge in [0.25, 0.3) is 11.5 Å². The maximum absolute atomic E-state index is 13.0. The van der Waals surface area contributed by atoms with E-state index in [2.05, 4.69) is 10.3 Å². The summed E-state index contributed by atoms with van der Waals surface area (Å²) < 4.78 is 7.10. The van der Waals surface area contributed by atoms with Gasteiger partial charge in [-0.25, -0.2) is 9.97 Å². The van der Waals surface area contributed by atoms with Gasteiger partial charge in [0.15, 0.2) is 10.9 Å². The Kier molecular flexibility index (Phi) is 6.32. The number of rotatable bonds is 7. The molecule has 0 spiro atoms. The predicted molar refractivity (Wildman–Crippen MR) is 130 cm³/mol. The van der Waals surface area contributed by atoms with Gasteiger partial charge in [-0.05, 0) is 43.2 Å². The van der Waals surface area contributed by atoms with E-state index in [-0.39, 0.29) is 17.2 Å². The van der Waals surface area contributed by atoms with Crippen LogP contribution in [0.2, 0.25) is 0 Å². The predicted octanol–water partition coefficient (Wildman–Crippen LogP) is 4.13. The molecule has 1 aliphatic rings. The molecule has 0 saturated carbocycles. The number of nitrogens with zero attached hydrogens (tertiary/aromatic N) is 3. The Balaban J connectivity index is 1.23. The quantitative estimate of drug-likeness (QED) is 0.316. The van der Waals surface area contributed by atoms with Crippen molar-refractivity contribution in [2.75, 3.05) is 6.54 Å². The molecule has 0 unspecified atom stereocenters. The van der Waals surface area contributed by atoms with E-state index in [1.807, 2.05) is 30.3 Å². The number of nitrogens with one attached hydrogen (secondary N) is 1. The van der Waals surface area contributed by atoms with E-state index >= 15 is 0 Å². The lowest BCUT2D eigenvalue weighted by molar-refractivity contribution is 0.0949. The topological polar surface area (TPSA) is 90.0 Å². The van der Waals surface area contributed by atoms with E-state index in [4.69, 9.17) is 9.40 Å². The van der Waals surface area contributed by atoms with Crippen molar-refractivity contribution in [2.24, 2.45) is 7.05 Å². The van der Waals surface area contributed by atoms with Crippen molar-refractivity contribution in [1.82, 2.24) is 19.9 Å². The summed E-state index contributed by atoms with van der Waals surface area (Å²) in [4.78, 5) is 36.6. The molecule has 1 amide bonds. The Labute approximate surface area is 199 Å². The first-order valence-electron chi connectivity index (χ1n) is 11.0. The highest BCUT2D eigenvalue weighted by molar-refractivity contribution is 7.98. The molecule has 0 bridgehead atoms. The average molecular weight is 481 g/mol. The Morgan fingerprint density at radius 1 is 1.21 bits per heavy atom. The number of hydrogen-bond acceptors (Lipinski definition) is 7. The van der Waals surface area contributed by atoms with E-state index in [1.165, 1.54) is 34.9 Å². The lowest BCUT2D eigenvalue weighted by Crippen LogP contribution is -2.26. The molecule has 4 aromatic rings. The minimum Gasteiger partial charge on any atom is -0.447 e. The van der Waals surface area contributed by atoms with Crippen LogP contribution >= 0.6 is 23.1 Å². The summed E-state index contributed by atoms with van der Waals surface area (Å²) in [5.41, 5.74) is 2.62. The molecule has 7 nitrogen and oxygen atoms in total. The Hall–Kier alpha value is -2.91. The Morgan fingerprint density at radius 3 is 2.88 bits per heavy atom. The summed E-state index contributed by atoms with van der Waals surface area (Å²) in [7, 11) is 1.76. The molecule has 3 aromatic heterocycles. The number of aromatic nitrogens is 3. The number of hydrogen-bond donors (Lipinski definition) is 1. The zero-order valence-corrected chi connectivity index (χ0v) is 19.9. The van der Waals surface area contributed by atoms with Gasteiger partial charge in [0.2, 0.25) is 5.89 Å². The van der Waals surface area contributed by atoms with Crippen LogP contribution in [-0.4, -0.2) is 27.0 Å². The third-order valence-corrected chi connectivity index (χ3v) is 8.01. The van der Waals surface area contributed by atoms with Gasteiger partial charge in [0, 0.05) is 18.5 Å². The van der Waals surface area contributed by atoms with Crippen LogP contribution in [0.25, 0.3) is 10.2 Å². The second-order valence-corrected chi connectivity index (χ2v) is 10.1. The highest BCUT2D eigenvalue weighted by Crippen LogP contribution is 2.34. The molecule has 5 rings (SSSR count). The highest BCUT2D eigenvalue weighted by atomic mass is 32.2. The fourth-order valence-corrected chi connectivity index (χ4v) is 6.19. The molecule has 1 aromatic carbocycles. The fourth-order valence-electron chi connectivity index (χ4n) is 4.06. The number of benzene rings is 1. The van der Waals surface area contributed by atoms with Crippen LogP contribution in [-0.2, 0) is 32.1 Å². The summed E-state index contributed by atoms with van der Waals surface area (Å²) >= 11 is 3.03. The van der Waals surface area contributed by atoms with Gasteiger partial charge < -0.3 is 9.73 Å². The number of thiophene rings is 1. The first kappa shape index (κ1) is 21.9. The van der Waals surface area contributed by atoms with Crippen molar-refractivity contribution < 1.29 is 9.21 Å². The molecule has 9 heteroatoms. The van der Waals surface area contributed by atoms with Crippen molar-refractivity contribution >= 4 is 39.2 Å². The second-order valence-electron chi connectivity index (χ2n) is 8.06. The third-order valence-electron chi connectivity index (χ3n) is 5.81. The summed E-state index contributed by atoms with van der Waals surface area (Å²) in [6, 6.07) is 9.99. The van der Waals surface area contributed by atoms with E-state index in [1.54, 1.807) is 23.0 Å². The summed E-state index contributed by atoms with van der Waals surface area (Å²) in [6.07, 6.45) is 6.43. The fraction of sp³-hybridized carbons (Fsp3) is 0.333. The van der Waals surface area contributed by atoms with Gasteiger partial charge in [-0.3, -0.25) is 14.2 Å².